The van der Waals surface area contributed by atoms with E-state index in [1.807, 2.05) is 5.10 Å². The fourth-order valence-corrected chi connectivity index (χ4v) is 3.39. The first-order chi connectivity index (χ1) is 14.8. The molecule has 0 bridgehead atoms. The molecule has 3 aromatic heterocycles. The summed E-state index contributed by atoms with van der Waals surface area (Å²) in [4.78, 5) is 17.0. The van der Waals surface area contributed by atoms with E-state index in [9.17, 15) is 22.4 Å². The molecule has 2 N–H and O–H groups in total. The Balaban J connectivity index is 1.63. The SMILES string of the molecule is Cn1c(C(=O)NCc2ccccc2CF)cc2ccc(-c3cn[nH]c3C(F)(F)F)nc21. The number of rotatable bonds is 5. The van der Waals surface area contributed by atoms with Crippen molar-refractivity contribution in [1.82, 2.24) is 25.1 Å². The molecule has 1 amide bonds. The van der Waals surface area contributed by atoms with Gasteiger partial charge in [0.25, 0.3) is 5.91 Å². The monoisotopic (exact) mass is 431 g/mol. The summed E-state index contributed by atoms with van der Waals surface area (Å²) in [6, 6.07) is 11.5. The highest BCUT2D eigenvalue weighted by Gasteiger charge is 2.36. The summed E-state index contributed by atoms with van der Waals surface area (Å²) in [7, 11) is 1.60. The quantitative estimate of drug-likeness (QED) is 0.461. The lowest BCUT2D eigenvalue weighted by Crippen LogP contribution is -2.25. The molecule has 6 nitrogen and oxygen atoms in total. The summed E-state index contributed by atoms with van der Waals surface area (Å²) in [6.45, 7) is -0.496. The average molecular weight is 431 g/mol. The molecule has 4 rings (SSSR count). The van der Waals surface area contributed by atoms with Gasteiger partial charge < -0.3 is 9.88 Å². The van der Waals surface area contributed by atoms with Crippen LogP contribution in [-0.4, -0.2) is 25.7 Å². The Kier molecular flexibility index (Phi) is 5.22. The maximum absolute atomic E-state index is 13.2. The number of carbonyl (C=O) groups excluding carboxylic acids is 1. The van der Waals surface area contributed by atoms with E-state index in [-0.39, 0.29) is 23.5 Å². The number of aromatic amines is 1. The maximum Gasteiger partial charge on any atom is 0.433 e. The van der Waals surface area contributed by atoms with E-state index in [1.54, 1.807) is 43.4 Å². The number of alkyl halides is 4. The van der Waals surface area contributed by atoms with Gasteiger partial charge in [-0.25, -0.2) is 9.37 Å². The number of benzene rings is 1. The molecule has 160 valence electrons. The number of hydrogen-bond donors (Lipinski definition) is 2. The van der Waals surface area contributed by atoms with Crippen LogP contribution in [0.1, 0.15) is 27.3 Å². The Labute approximate surface area is 173 Å². The molecule has 0 spiro atoms. The Morgan fingerprint density at radius 1 is 1.16 bits per heavy atom. The fourth-order valence-electron chi connectivity index (χ4n) is 3.39. The first-order valence-corrected chi connectivity index (χ1v) is 9.28. The molecule has 0 saturated heterocycles. The number of fused-ring (bicyclic) bond motifs is 1. The van der Waals surface area contributed by atoms with Crippen molar-refractivity contribution in [2.75, 3.05) is 0 Å². The molecule has 3 heterocycles. The van der Waals surface area contributed by atoms with Gasteiger partial charge in [-0.2, -0.15) is 18.3 Å². The summed E-state index contributed by atoms with van der Waals surface area (Å²) in [5.74, 6) is -0.407. The second-order valence-electron chi connectivity index (χ2n) is 6.94. The van der Waals surface area contributed by atoms with Crippen molar-refractivity contribution in [3.05, 3.63) is 71.2 Å². The van der Waals surface area contributed by atoms with Gasteiger partial charge in [-0.3, -0.25) is 9.89 Å². The van der Waals surface area contributed by atoms with Crippen molar-refractivity contribution < 1.29 is 22.4 Å². The van der Waals surface area contributed by atoms with E-state index >= 15 is 0 Å². The molecule has 0 aliphatic rings. The van der Waals surface area contributed by atoms with Crippen LogP contribution >= 0.6 is 0 Å². The van der Waals surface area contributed by atoms with Crippen molar-refractivity contribution in [2.45, 2.75) is 19.4 Å². The van der Waals surface area contributed by atoms with Gasteiger partial charge in [0.05, 0.1) is 17.5 Å². The van der Waals surface area contributed by atoms with E-state index in [1.165, 1.54) is 10.6 Å². The molecule has 0 radical (unpaired) electrons. The Hall–Kier alpha value is -3.69. The fraction of sp³-hybridized carbons (Fsp3) is 0.190. The highest BCUT2D eigenvalue weighted by Crippen LogP contribution is 2.35. The number of amides is 1. The van der Waals surface area contributed by atoms with Gasteiger partial charge in [0.15, 0.2) is 0 Å². The number of aryl methyl sites for hydroxylation is 1. The summed E-state index contributed by atoms with van der Waals surface area (Å²) >= 11 is 0. The van der Waals surface area contributed by atoms with Crippen molar-refractivity contribution in [2.24, 2.45) is 7.05 Å². The van der Waals surface area contributed by atoms with Crippen LogP contribution in [0.2, 0.25) is 0 Å². The minimum atomic E-state index is -4.60. The van der Waals surface area contributed by atoms with Gasteiger partial charge in [0, 0.05) is 19.0 Å². The zero-order chi connectivity index (χ0) is 22.2. The summed E-state index contributed by atoms with van der Waals surface area (Å²) in [6.07, 6.45) is -3.53. The first kappa shape index (κ1) is 20.6. The average Bonchev–Trinajstić information content (AvgIpc) is 3.37. The third-order valence-electron chi connectivity index (χ3n) is 5.01. The lowest BCUT2D eigenvalue weighted by Gasteiger charge is -2.09. The first-order valence-electron chi connectivity index (χ1n) is 9.28. The molecular formula is C21H17F4N5O. The molecule has 4 aromatic rings. The van der Waals surface area contributed by atoms with Gasteiger partial charge in [0.2, 0.25) is 0 Å². The lowest BCUT2D eigenvalue weighted by molar-refractivity contribution is -0.140. The predicted molar refractivity (Wildman–Crippen MR) is 106 cm³/mol. The minimum Gasteiger partial charge on any atom is -0.347 e. The van der Waals surface area contributed by atoms with Crippen molar-refractivity contribution in [3.8, 4) is 11.3 Å². The second-order valence-corrected chi connectivity index (χ2v) is 6.94. The Morgan fingerprint density at radius 2 is 1.90 bits per heavy atom. The van der Waals surface area contributed by atoms with E-state index in [0.29, 0.717) is 22.2 Å². The van der Waals surface area contributed by atoms with Gasteiger partial charge in [-0.1, -0.05) is 24.3 Å². The van der Waals surface area contributed by atoms with Crippen LogP contribution in [-0.2, 0) is 26.4 Å². The summed E-state index contributed by atoms with van der Waals surface area (Å²) < 4.78 is 54.1. The predicted octanol–water partition coefficient (Wildman–Crippen LogP) is 4.38. The molecule has 0 aliphatic heterocycles. The number of hydrogen-bond acceptors (Lipinski definition) is 3. The molecule has 0 saturated carbocycles. The third-order valence-corrected chi connectivity index (χ3v) is 5.01. The summed E-state index contributed by atoms with van der Waals surface area (Å²) in [5.41, 5.74) is 0.701. The number of carbonyl (C=O) groups is 1. The molecule has 1 aromatic carbocycles. The van der Waals surface area contributed by atoms with Crippen LogP contribution in [0.5, 0.6) is 0 Å². The van der Waals surface area contributed by atoms with Crippen molar-refractivity contribution >= 4 is 16.9 Å². The number of pyridine rings is 1. The molecule has 0 aliphatic carbocycles. The van der Waals surface area contributed by atoms with Gasteiger partial charge in [0.1, 0.15) is 23.7 Å². The van der Waals surface area contributed by atoms with Crippen molar-refractivity contribution in [1.29, 1.82) is 0 Å². The van der Waals surface area contributed by atoms with Crippen LogP contribution in [0.4, 0.5) is 17.6 Å². The second kappa shape index (κ2) is 7.86. The topological polar surface area (TPSA) is 75.6 Å². The van der Waals surface area contributed by atoms with Gasteiger partial charge >= 0.3 is 6.18 Å². The van der Waals surface area contributed by atoms with E-state index in [2.05, 4.69) is 15.4 Å². The molecule has 10 heteroatoms. The highest BCUT2D eigenvalue weighted by molar-refractivity contribution is 5.98. The molecular weight excluding hydrogens is 414 g/mol. The molecule has 31 heavy (non-hydrogen) atoms. The zero-order valence-electron chi connectivity index (χ0n) is 16.3. The number of aromatic nitrogens is 4. The van der Waals surface area contributed by atoms with Crippen LogP contribution < -0.4 is 5.32 Å². The number of nitrogens with one attached hydrogen (secondary N) is 2. The summed E-state index contributed by atoms with van der Waals surface area (Å²) in [5, 5.41) is 8.78. The number of H-pyrrole nitrogens is 1. The van der Waals surface area contributed by atoms with E-state index in [0.717, 1.165) is 6.20 Å². The van der Waals surface area contributed by atoms with Crippen LogP contribution in [0.25, 0.3) is 22.3 Å². The van der Waals surface area contributed by atoms with Gasteiger partial charge in [-0.05, 0) is 29.3 Å². The van der Waals surface area contributed by atoms with Crippen LogP contribution in [0, 0.1) is 0 Å². The Morgan fingerprint density at radius 3 is 2.61 bits per heavy atom. The number of halogens is 4. The van der Waals surface area contributed by atoms with E-state index in [4.69, 9.17) is 0 Å². The highest BCUT2D eigenvalue weighted by atomic mass is 19.4. The smallest absolute Gasteiger partial charge is 0.347 e. The molecule has 0 atom stereocenters. The maximum atomic E-state index is 13.2. The minimum absolute atomic E-state index is 0.0820. The van der Waals surface area contributed by atoms with Crippen LogP contribution in [0.15, 0.2) is 48.7 Å². The lowest BCUT2D eigenvalue weighted by atomic mass is 10.1. The van der Waals surface area contributed by atoms with Gasteiger partial charge in [-0.15, -0.1) is 0 Å². The third kappa shape index (κ3) is 3.88. The van der Waals surface area contributed by atoms with E-state index < -0.39 is 24.5 Å². The molecule has 0 fully saturated rings. The standard InChI is InChI=1S/C21H17F4N5O/c1-30-17(20(31)26-10-14-5-3-2-4-13(14)9-22)8-12-6-7-16(28-19(12)30)15-11-27-29-18(15)21(23,24)25/h2-8,11H,9-10H2,1H3,(H,26,31)(H,27,29). The normalized spacial score (nSPS) is 11.8. The molecule has 0 unspecified atom stereocenters. The largest absolute Gasteiger partial charge is 0.433 e. The van der Waals surface area contributed by atoms with Crippen LogP contribution in [0.3, 0.4) is 0 Å². The van der Waals surface area contributed by atoms with Crippen molar-refractivity contribution in [3.63, 3.8) is 0 Å². The Bertz CT molecular complexity index is 1260. The zero-order valence-corrected chi connectivity index (χ0v) is 16.3. The number of nitrogens with zero attached hydrogens (tertiary/aromatic N) is 3.